The molecule has 184 valence electrons. The van der Waals surface area contributed by atoms with Crippen molar-refractivity contribution >= 4 is 23.3 Å². The van der Waals surface area contributed by atoms with Crippen LogP contribution in [-0.2, 0) is 19.1 Å². The lowest BCUT2D eigenvalue weighted by atomic mass is 9.80. The lowest BCUT2D eigenvalue weighted by molar-refractivity contribution is -0.137. The fourth-order valence-corrected chi connectivity index (χ4v) is 4.31. The number of carbonyl (C=O) groups excluding carboxylic acids is 1. The summed E-state index contributed by atoms with van der Waals surface area (Å²) < 4.78 is 39.4. The summed E-state index contributed by atoms with van der Waals surface area (Å²) in [4.78, 5) is 15.1. The van der Waals surface area contributed by atoms with Gasteiger partial charge in [-0.1, -0.05) is 60.5 Å². The number of aromatic nitrogens is 2. The molecule has 35 heavy (non-hydrogen) atoms. The van der Waals surface area contributed by atoms with E-state index in [-0.39, 0.29) is 35.4 Å². The van der Waals surface area contributed by atoms with E-state index in [2.05, 4.69) is 27.6 Å². The zero-order valence-electron chi connectivity index (χ0n) is 19.3. The lowest BCUT2D eigenvalue weighted by Crippen LogP contribution is -2.33. The van der Waals surface area contributed by atoms with Crippen molar-refractivity contribution in [2.45, 2.75) is 44.3 Å². The largest absolute Gasteiger partial charge is 0.416 e. The maximum absolute atomic E-state index is 13.5. The highest BCUT2D eigenvalue weighted by molar-refractivity contribution is 6.29. The Bertz CT molecular complexity index is 1180. The van der Waals surface area contributed by atoms with Crippen LogP contribution in [0.5, 0.6) is 0 Å². The highest BCUT2D eigenvalue weighted by Crippen LogP contribution is 2.36. The Labute approximate surface area is 207 Å². The molecule has 1 fully saturated rings. The molecule has 1 aromatic heterocycles. The summed E-state index contributed by atoms with van der Waals surface area (Å²) in [5, 5.41) is 10.7. The first kappa shape index (κ1) is 25.0. The van der Waals surface area contributed by atoms with Gasteiger partial charge in [-0.3, -0.25) is 4.79 Å². The maximum atomic E-state index is 13.5. The Balaban J connectivity index is 1.57. The van der Waals surface area contributed by atoms with Gasteiger partial charge in [0, 0.05) is 20.1 Å². The van der Waals surface area contributed by atoms with Gasteiger partial charge in [-0.05, 0) is 54.0 Å². The normalized spacial score (nSPS) is 13.9. The Hall–Kier alpha value is -3.13. The van der Waals surface area contributed by atoms with Crippen molar-refractivity contribution in [3.8, 4) is 0 Å². The summed E-state index contributed by atoms with van der Waals surface area (Å²) in [5.41, 5.74) is 2.27. The molecule has 2 aromatic carbocycles. The fraction of sp³-hybridized carbons (Fsp3) is 0.346. The van der Waals surface area contributed by atoms with Crippen LogP contribution in [0.3, 0.4) is 0 Å². The third-order valence-electron chi connectivity index (χ3n) is 6.37. The number of rotatable bonds is 8. The van der Waals surface area contributed by atoms with E-state index < -0.39 is 11.7 Å². The predicted octanol–water partition coefficient (Wildman–Crippen LogP) is 6.34. The number of halogens is 4. The second kappa shape index (κ2) is 10.6. The molecule has 0 atom stereocenters. The second-order valence-corrected chi connectivity index (χ2v) is 9.11. The first-order valence-electron chi connectivity index (χ1n) is 11.5. The molecular formula is C26H26ClF3N4O. The van der Waals surface area contributed by atoms with Crippen LogP contribution in [0, 0.1) is 0 Å². The van der Waals surface area contributed by atoms with Gasteiger partial charge in [0.2, 0.25) is 0 Å². The van der Waals surface area contributed by atoms with Gasteiger partial charge in [-0.2, -0.15) is 13.2 Å². The molecule has 0 bridgehead atoms. The molecule has 1 N–H and O–H groups in total. The lowest BCUT2D eigenvalue weighted by Gasteiger charge is -2.27. The van der Waals surface area contributed by atoms with Crippen molar-refractivity contribution in [3.63, 3.8) is 0 Å². The SMILES string of the molecule is CNc1nnc(Cl)cc1C(=O)N(CCc1cccc(C(F)(F)F)c1)Cc1ccc(C2CCC2)cc1. The third-order valence-corrected chi connectivity index (χ3v) is 6.56. The van der Waals surface area contributed by atoms with E-state index in [4.69, 9.17) is 11.6 Å². The summed E-state index contributed by atoms with van der Waals surface area (Å²) in [5.74, 6) is 0.552. The molecule has 0 aliphatic heterocycles. The zero-order valence-corrected chi connectivity index (χ0v) is 20.0. The van der Waals surface area contributed by atoms with Crippen molar-refractivity contribution in [2.75, 3.05) is 18.9 Å². The van der Waals surface area contributed by atoms with Gasteiger partial charge in [0.15, 0.2) is 11.0 Å². The quantitative estimate of drug-likeness (QED) is 0.390. The second-order valence-electron chi connectivity index (χ2n) is 8.72. The Morgan fingerprint density at radius 3 is 2.46 bits per heavy atom. The summed E-state index contributed by atoms with van der Waals surface area (Å²) in [6, 6.07) is 14.8. The average Bonchev–Trinajstić information content (AvgIpc) is 2.81. The van der Waals surface area contributed by atoms with Crippen molar-refractivity contribution in [3.05, 3.63) is 87.6 Å². The molecule has 0 saturated heterocycles. The molecule has 1 saturated carbocycles. The first-order chi connectivity index (χ1) is 16.7. The molecule has 1 aliphatic rings. The Morgan fingerprint density at radius 2 is 1.83 bits per heavy atom. The minimum atomic E-state index is -4.42. The van der Waals surface area contributed by atoms with Crippen LogP contribution in [0.25, 0.3) is 0 Å². The van der Waals surface area contributed by atoms with Crippen molar-refractivity contribution < 1.29 is 18.0 Å². The number of anilines is 1. The standard InChI is InChI=1S/C26H26ClF3N4O/c1-31-24-22(15-23(27)32-33-24)25(35)34(13-12-17-4-2-7-21(14-17)26(28,29)30)16-18-8-10-20(11-9-18)19-5-3-6-19/h2,4,7-11,14-15,19H,3,5-6,12-13,16H2,1H3,(H,31,33). The van der Waals surface area contributed by atoms with Crippen molar-refractivity contribution in [2.24, 2.45) is 0 Å². The minimum Gasteiger partial charge on any atom is -0.371 e. The van der Waals surface area contributed by atoms with Crippen LogP contribution >= 0.6 is 11.6 Å². The molecule has 5 nitrogen and oxygen atoms in total. The van der Waals surface area contributed by atoms with Crippen LogP contribution in [0.1, 0.15) is 57.8 Å². The topological polar surface area (TPSA) is 58.1 Å². The van der Waals surface area contributed by atoms with E-state index in [0.29, 0.717) is 18.0 Å². The zero-order chi connectivity index (χ0) is 25.0. The molecule has 1 heterocycles. The molecule has 1 amide bonds. The summed E-state index contributed by atoms with van der Waals surface area (Å²) in [6.07, 6.45) is -0.514. The van der Waals surface area contributed by atoms with Crippen LogP contribution < -0.4 is 5.32 Å². The molecule has 0 radical (unpaired) electrons. The van der Waals surface area contributed by atoms with Gasteiger partial charge >= 0.3 is 6.18 Å². The Morgan fingerprint density at radius 1 is 1.09 bits per heavy atom. The number of hydrogen-bond donors (Lipinski definition) is 1. The summed E-state index contributed by atoms with van der Waals surface area (Å²) in [6.45, 7) is 0.513. The smallest absolute Gasteiger partial charge is 0.371 e. The van der Waals surface area contributed by atoms with Gasteiger partial charge in [-0.15, -0.1) is 10.2 Å². The van der Waals surface area contributed by atoms with Crippen molar-refractivity contribution in [1.82, 2.24) is 15.1 Å². The molecule has 3 aromatic rings. The van der Waals surface area contributed by atoms with Crippen LogP contribution in [0.2, 0.25) is 5.15 Å². The molecule has 4 rings (SSSR count). The van der Waals surface area contributed by atoms with Gasteiger partial charge in [0.25, 0.3) is 5.91 Å². The van der Waals surface area contributed by atoms with E-state index in [1.807, 2.05) is 12.1 Å². The number of amides is 1. The number of carbonyl (C=O) groups is 1. The number of nitrogens with one attached hydrogen (secondary N) is 1. The van der Waals surface area contributed by atoms with Crippen molar-refractivity contribution in [1.29, 1.82) is 0 Å². The predicted molar refractivity (Wildman–Crippen MR) is 130 cm³/mol. The van der Waals surface area contributed by atoms with Crippen LogP contribution in [0.4, 0.5) is 19.0 Å². The monoisotopic (exact) mass is 502 g/mol. The highest BCUT2D eigenvalue weighted by Gasteiger charge is 2.30. The first-order valence-corrected chi connectivity index (χ1v) is 11.9. The Kier molecular flexibility index (Phi) is 7.60. The van der Waals surface area contributed by atoms with Gasteiger partial charge in [-0.25, -0.2) is 0 Å². The number of nitrogens with zero attached hydrogens (tertiary/aromatic N) is 3. The number of benzene rings is 2. The van der Waals surface area contributed by atoms with Crippen LogP contribution in [0.15, 0.2) is 54.6 Å². The van der Waals surface area contributed by atoms with E-state index >= 15 is 0 Å². The number of hydrogen-bond acceptors (Lipinski definition) is 4. The van der Waals surface area contributed by atoms with Gasteiger partial charge in [0.05, 0.1) is 11.1 Å². The van der Waals surface area contributed by atoms with Gasteiger partial charge < -0.3 is 10.2 Å². The molecule has 9 heteroatoms. The van der Waals surface area contributed by atoms with E-state index in [1.54, 1.807) is 18.0 Å². The van der Waals surface area contributed by atoms with E-state index in [0.717, 1.165) is 17.7 Å². The fourth-order valence-electron chi connectivity index (χ4n) is 4.16. The molecule has 0 spiro atoms. The molecule has 1 aliphatic carbocycles. The minimum absolute atomic E-state index is 0.0787. The molecule has 0 unspecified atom stereocenters. The van der Waals surface area contributed by atoms with Crippen LogP contribution in [-0.4, -0.2) is 34.6 Å². The van der Waals surface area contributed by atoms with Gasteiger partial charge in [0.1, 0.15) is 0 Å². The average molecular weight is 503 g/mol. The van der Waals surface area contributed by atoms with E-state index in [9.17, 15) is 18.0 Å². The number of alkyl halides is 3. The summed E-state index contributed by atoms with van der Waals surface area (Å²) >= 11 is 6.00. The highest BCUT2D eigenvalue weighted by atomic mass is 35.5. The van der Waals surface area contributed by atoms with E-state index in [1.165, 1.54) is 37.0 Å². The third kappa shape index (κ3) is 6.11. The molecular weight excluding hydrogens is 477 g/mol. The summed E-state index contributed by atoms with van der Waals surface area (Å²) in [7, 11) is 1.63. The maximum Gasteiger partial charge on any atom is 0.416 e.